The molecule has 3 nitrogen and oxygen atoms in total. The molecule has 0 bridgehead atoms. The topological polar surface area (TPSA) is 48.1 Å². The van der Waals surface area contributed by atoms with Crippen LogP contribution < -0.4 is 10.5 Å². The van der Waals surface area contributed by atoms with Gasteiger partial charge in [0.25, 0.3) is 0 Å². The van der Waals surface area contributed by atoms with Crippen LogP contribution in [0.5, 0.6) is 5.75 Å². The molecule has 0 fully saturated rings. The smallest absolute Gasteiger partial charge is 0.416 e. The fraction of sp³-hybridized carbons (Fsp3) is 0.105. The molecular formula is C19H14ClF3N2O. The zero-order valence-corrected chi connectivity index (χ0v) is 14.2. The highest BCUT2D eigenvalue weighted by Gasteiger charge is 2.30. The molecule has 0 spiro atoms. The van der Waals surface area contributed by atoms with Crippen molar-refractivity contribution in [2.45, 2.75) is 12.8 Å². The van der Waals surface area contributed by atoms with Crippen LogP contribution in [0.3, 0.4) is 0 Å². The Morgan fingerprint density at radius 2 is 1.73 bits per heavy atom. The third kappa shape index (κ3) is 4.08. The van der Waals surface area contributed by atoms with Gasteiger partial charge in [-0.15, -0.1) is 0 Å². The molecule has 0 amide bonds. The van der Waals surface area contributed by atoms with Crippen LogP contribution in [-0.4, -0.2) is 4.98 Å². The molecule has 3 rings (SSSR count). The fourth-order valence-corrected chi connectivity index (χ4v) is 2.55. The first-order valence-corrected chi connectivity index (χ1v) is 8.02. The lowest BCUT2D eigenvalue weighted by Crippen LogP contribution is -2.07. The van der Waals surface area contributed by atoms with E-state index in [0.29, 0.717) is 0 Å². The molecule has 1 aromatic heterocycles. The molecule has 0 atom stereocenters. The molecule has 0 aliphatic carbocycles. The molecule has 0 saturated heterocycles. The molecule has 2 N–H and O–H groups in total. The van der Waals surface area contributed by atoms with Gasteiger partial charge in [0, 0.05) is 22.3 Å². The van der Waals surface area contributed by atoms with Gasteiger partial charge in [0.2, 0.25) is 0 Å². The molecule has 1 heterocycles. The second kappa shape index (κ2) is 7.25. The molecule has 3 aromatic rings. The van der Waals surface area contributed by atoms with Gasteiger partial charge in [0.1, 0.15) is 6.61 Å². The zero-order valence-electron chi connectivity index (χ0n) is 13.4. The van der Waals surface area contributed by atoms with Crippen LogP contribution >= 0.6 is 11.6 Å². The van der Waals surface area contributed by atoms with Gasteiger partial charge in [0.05, 0.1) is 5.56 Å². The summed E-state index contributed by atoms with van der Waals surface area (Å²) in [6, 6.07) is 14.3. The maximum Gasteiger partial charge on any atom is 0.416 e. The number of ether oxygens (including phenoxy) is 1. The van der Waals surface area contributed by atoms with E-state index in [1.807, 2.05) is 30.3 Å². The minimum absolute atomic E-state index is 0.146. The number of hydrogen-bond donors (Lipinski definition) is 1. The molecule has 134 valence electrons. The van der Waals surface area contributed by atoms with Crippen molar-refractivity contribution in [1.82, 2.24) is 4.98 Å². The number of aromatic nitrogens is 1. The Morgan fingerprint density at radius 3 is 2.42 bits per heavy atom. The van der Waals surface area contributed by atoms with Crippen LogP contribution in [0.1, 0.15) is 11.1 Å². The van der Waals surface area contributed by atoms with Crippen molar-refractivity contribution in [3.8, 4) is 16.9 Å². The summed E-state index contributed by atoms with van der Waals surface area (Å²) in [6.45, 7) is -0.160. The van der Waals surface area contributed by atoms with Crippen molar-refractivity contribution in [2.24, 2.45) is 0 Å². The third-order valence-electron chi connectivity index (χ3n) is 3.75. The Hall–Kier alpha value is -2.73. The van der Waals surface area contributed by atoms with Crippen molar-refractivity contribution in [3.63, 3.8) is 0 Å². The Bertz CT molecular complexity index is 914. The maximum atomic E-state index is 12.9. The van der Waals surface area contributed by atoms with E-state index in [4.69, 9.17) is 22.1 Å². The monoisotopic (exact) mass is 378 g/mol. The Kier molecular flexibility index (Phi) is 5.04. The highest BCUT2D eigenvalue weighted by atomic mass is 35.5. The minimum atomic E-state index is -4.45. The Labute approximate surface area is 153 Å². The predicted molar refractivity (Wildman–Crippen MR) is 94.9 cm³/mol. The zero-order chi connectivity index (χ0) is 18.7. The van der Waals surface area contributed by atoms with E-state index in [0.717, 1.165) is 23.3 Å². The number of alkyl halides is 3. The number of halogens is 4. The molecule has 2 aromatic carbocycles. The van der Waals surface area contributed by atoms with Crippen LogP contribution in [0.25, 0.3) is 11.1 Å². The SMILES string of the molecule is Nc1ncc(-c2ccccc2)cc1OCc1cc(C(F)(F)F)ccc1Cl. The van der Waals surface area contributed by atoms with E-state index in [9.17, 15) is 13.2 Å². The fourth-order valence-electron chi connectivity index (χ4n) is 2.38. The molecule has 0 aliphatic heterocycles. The van der Waals surface area contributed by atoms with Crippen LogP contribution in [-0.2, 0) is 12.8 Å². The molecule has 7 heteroatoms. The van der Waals surface area contributed by atoms with Gasteiger partial charge in [-0.3, -0.25) is 0 Å². The van der Waals surface area contributed by atoms with E-state index in [2.05, 4.69) is 4.98 Å². The summed E-state index contributed by atoms with van der Waals surface area (Å²) in [7, 11) is 0. The lowest BCUT2D eigenvalue weighted by molar-refractivity contribution is -0.137. The summed E-state index contributed by atoms with van der Waals surface area (Å²) < 4.78 is 44.2. The number of nitrogens with two attached hydrogens (primary N) is 1. The van der Waals surface area contributed by atoms with Crippen LogP contribution in [0.4, 0.5) is 19.0 Å². The summed E-state index contributed by atoms with van der Waals surface area (Å²) in [5, 5.41) is 0.184. The second-order valence-electron chi connectivity index (χ2n) is 5.57. The van der Waals surface area contributed by atoms with Crippen LogP contribution in [0.15, 0.2) is 60.8 Å². The number of benzene rings is 2. The van der Waals surface area contributed by atoms with E-state index < -0.39 is 11.7 Å². The first kappa shape index (κ1) is 18.1. The third-order valence-corrected chi connectivity index (χ3v) is 4.11. The molecule has 26 heavy (non-hydrogen) atoms. The second-order valence-corrected chi connectivity index (χ2v) is 5.97. The molecule has 0 saturated carbocycles. The van der Waals surface area contributed by atoms with Crippen LogP contribution in [0.2, 0.25) is 5.02 Å². The maximum absolute atomic E-state index is 12.9. The summed E-state index contributed by atoms with van der Waals surface area (Å²) in [5.74, 6) is 0.424. The number of nitrogens with zero attached hydrogens (tertiary/aromatic N) is 1. The Morgan fingerprint density at radius 1 is 1.00 bits per heavy atom. The van der Waals surface area contributed by atoms with Crippen molar-refractivity contribution < 1.29 is 17.9 Å². The normalized spacial score (nSPS) is 11.4. The molecule has 0 aliphatic rings. The summed E-state index contributed by atoms with van der Waals surface area (Å²) in [5.41, 5.74) is 6.95. The standard InChI is InChI=1S/C19H14ClF3N2O/c20-16-7-6-15(19(21,22)23)8-14(16)11-26-17-9-13(10-25-18(17)24)12-4-2-1-3-5-12/h1-10H,11H2,(H2,24,25). The number of anilines is 1. The van der Waals surface area contributed by atoms with E-state index in [-0.39, 0.29) is 28.8 Å². The van der Waals surface area contributed by atoms with Gasteiger partial charge >= 0.3 is 6.18 Å². The van der Waals surface area contributed by atoms with E-state index in [1.54, 1.807) is 12.3 Å². The van der Waals surface area contributed by atoms with Crippen molar-refractivity contribution in [2.75, 3.05) is 5.73 Å². The summed E-state index contributed by atoms with van der Waals surface area (Å²) >= 11 is 5.99. The first-order chi connectivity index (χ1) is 12.3. The van der Waals surface area contributed by atoms with Gasteiger partial charge in [-0.05, 0) is 29.8 Å². The highest BCUT2D eigenvalue weighted by Crippen LogP contribution is 2.33. The lowest BCUT2D eigenvalue weighted by Gasteiger charge is -2.13. The summed E-state index contributed by atoms with van der Waals surface area (Å²) in [4.78, 5) is 4.09. The largest absolute Gasteiger partial charge is 0.485 e. The average Bonchev–Trinajstić information content (AvgIpc) is 2.62. The van der Waals surface area contributed by atoms with Gasteiger partial charge in [-0.25, -0.2) is 4.98 Å². The van der Waals surface area contributed by atoms with Gasteiger partial charge in [-0.2, -0.15) is 13.2 Å². The van der Waals surface area contributed by atoms with E-state index in [1.165, 1.54) is 6.07 Å². The van der Waals surface area contributed by atoms with Crippen LogP contribution in [0, 0.1) is 0 Å². The van der Waals surface area contributed by atoms with Gasteiger partial charge < -0.3 is 10.5 Å². The van der Waals surface area contributed by atoms with Gasteiger partial charge in [-0.1, -0.05) is 41.9 Å². The van der Waals surface area contributed by atoms with E-state index >= 15 is 0 Å². The number of pyridine rings is 1. The number of rotatable bonds is 4. The number of hydrogen-bond acceptors (Lipinski definition) is 3. The quantitative estimate of drug-likeness (QED) is 0.644. The number of nitrogen functional groups attached to an aromatic ring is 1. The summed E-state index contributed by atoms with van der Waals surface area (Å²) in [6.07, 6.45) is -2.85. The molecule has 0 unspecified atom stereocenters. The van der Waals surface area contributed by atoms with Crippen molar-refractivity contribution in [1.29, 1.82) is 0 Å². The first-order valence-electron chi connectivity index (χ1n) is 7.64. The average molecular weight is 379 g/mol. The molecular weight excluding hydrogens is 365 g/mol. The minimum Gasteiger partial charge on any atom is -0.485 e. The lowest BCUT2D eigenvalue weighted by atomic mass is 10.1. The van der Waals surface area contributed by atoms with Gasteiger partial charge in [0.15, 0.2) is 11.6 Å². The van der Waals surface area contributed by atoms with Crippen molar-refractivity contribution in [3.05, 3.63) is 76.9 Å². The predicted octanol–water partition coefficient (Wildman–Crippen LogP) is 5.58. The Balaban J connectivity index is 1.84. The molecule has 0 radical (unpaired) electrons. The van der Waals surface area contributed by atoms with Crippen molar-refractivity contribution >= 4 is 17.4 Å². The highest BCUT2D eigenvalue weighted by molar-refractivity contribution is 6.31.